The fourth-order valence-corrected chi connectivity index (χ4v) is 1.83. The molecule has 19 heavy (non-hydrogen) atoms. The number of nitrogens with one attached hydrogen (secondary N) is 2. The highest BCUT2D eigenvalue weighted by Gasteiger charge is 2.21. The van der Waals surface area contributed by atoms with Gasteiger partial charge in [-0.15, -0.1) is 0 Å². The predicted molar refractivity (Wildman–Crippen MR) is 65.5 cm³/mol. The van der Waals surface area contributed by atoms with E-state index in [4.69, 9.17) is 10.2 Å². The summed E-state index contributed by atoms with van der Waals surface area (Å²) >= 11 is 0. The molecule has 0 aromatic carbocycles. The summed E-state index contributed by atoms with van der Waals surface area (Å²) in [5.74, 6) is -1.41. The summed E-state index contributed by atoms with van der Waals surface area (Å²) in [6.45, 7) is 0.899. The largest absolute Gasteiger partial charge is 0.480 e. The van der Waals surface area contributed by atoms with Gasteiger partial charge in [-0.1, -0.05) is 0 Å². The van der Waals surface area contributed by atoms with E-state index in [1.165, 1.54) is 0 Å². The summed E-state index contributed by atoms with van der Waals surface area (Å²) in [4.78, 5) is 35.4. The van der Waals surface area contributed by atoms with Crippen LogP contribution < -0.4 is 10.6 Å². The monoisotopic (exact) mass is 273 g/mol. The van der Waals surface area contributed by atoms with Crippen LogP contribution in [0.4, 0.5) is 4.79 Å². The van der Waals surface area contributed by atoms with Crippen LogP contribution in [0.25, 0.3) is 0 Å². The fraction of sp³-hybridized carbons (Fsp3) is 0.727. The van der Waals surface area contributed by atoms with Crippen LogP contribution in [0.5, 0.6) is 0 Å². The van der Waals surface area contributed by atoms with Gasteiger partial charge in [-0.2, -0.15) is 0 Å². The maximum absolute atomic E-state index is 11.6. The number of aliphatic hydroxyl groups is 1. The molecule has 8 nitrogen and oxygen atoms in total. The van der Waals surface area contributed by atoms with E-state index in [0.717, 1.165) is 12.8 Å². The van der Waals surface area contributed by atoms with Crippen LogP contribution >= 0.6 is 0 Å². The third-order valence-electron chi connectivity index (χ3n) is 2.88. The van der Waals surface area contributed by atoms with Crippen molar-refractivity contribution in [1.82, 2.24) is 15.5 Å². The molecule has 0 spiro atoms. The Morgan fingerprint density at radius 1 is 1.21 bits per heavy atom. The van der Waals surface area contributed by atoms with Gasteiger partial charge in [-0.25, -0.2) is 9.59 Å². The minimum absolute atomic E-state index is 0.0805. The first-order chi connectivity index (χ1) is 9.04. The highest BCUT2D eigenvalue weighted by Crippen LogP contribution is 2.06. The lowest BCUT2D eigenvalue weighted by molar-refractivity contribution is -0.139. The summed E-state index contributed by atoms with van der Waals surface area (Å²) in [5, 5.41) is 21.9. The zero-order valence-electron chi connectivity index (χ0n) is 10.6. The molecule has 4 N–H and O–H groups in total. The van der Waals surface area contributed by atoms with Crippen molar-refractivity contribution in [3.8, 4) is 0 Å². The zero-order valence-corrected chi connectivity index (χ0v) is 10.6. The molecule has 1 fully saturated rings. The number of amides is 3. The second-order valence-electron chi connectivity index (χ2n) is 4.32. The molecule has 1 aliphatic rings. The number of hydrogen-bond acceptors (Lipinski definition) is 4. The van der Waals surface area contributed by atoms with Gasteiger partial charge < -0.3 is 25.7 Å². The van der Waals surface area contributed by atoms with Gasteiger partial charge >= 0.3 is 12.0 Å². The Hall–Kier alpha value is -1.83. The zero-order chi connectivity index (χ0) is 14.3. The van der Waals surface area contributed by atoms with Crippen LogP contribution in [0.15, 0.2) is 0 Å². The number of aliphatic hydroxyl groups excluding tert-OH is 1. The first-order valence-electron chi connectivity index (χ1n) is 6.20. The minimum Gasteiger partial charge on any atom is -0.480 e. The molecule has 0 saturated carbocycles. The van der Waals surface area contributed by atoms with E-state index in [9.17, 15) is 14.4 Å². The summed E-state index contributed by atoms with van der Waals surface area (Å²) in [6.07, 6.45) is 1.86. The lowest BCUT2D eigenvalue weighted by Crippen LogP contribution is -2.49. The number of hydrogen-bond donors (Lipinski definition) is 4. The molecule has 0 unspecified atom stereocenters. The van der Waals surface area contributed by atoms with Crippen molar-refractivity contribution in [2.45, 2.75) is 25.3 Å². The van der Waals surface area contributed by atoms with E-state index >= 15 is 0 Å². The van der Waals surface area contributed by atoms with Crippen molar-refractivity contribution < 1.29 is 24.6 Å². The lowest BCUT2D eigenvalue weighted by atomic mass is 10.2. The van der Waals surface area contributed by atoms with Crippen LogP contribution in [0, 0.1) is 0 Å². The van der Waals surface area contributed by atoms with E-state index in [1.807, 2.05) is 0 Å². The van der Waals surface area contributed by atoms with Gasteiger partial charge in [0.1, 0.15) is 6.04 Å². The van der Waals surface area contributed by atoms with Gasteiger partial charge in [0.05, 0.1) is 6.54 Å². The van der Waals surface area contributed by atoms with E-state index < -0.39 is 18.0 Å². The summed E-state index contributed by atoms with van der Waals surface area (Å²) in [7, 11) is 0. The number of aliphatic carboxylic acids is 1. The summed E-state index contributed by atoms with van der Waals surface area (Å²) < 4.78 is 0. The molecule has 0 aromatic heterocycles. The number of carbonyl (C=O) groups is 3. The van der Waals surface area contributed by atoms with E-state index in [0.29, 0.717) is 13.1 Å². The Morgan fingerprint density at radius 2 is 1.84 bits per heavy atom. The quantitative estimate of drug-likeness (QED) is 0.482. The van der Waals surface area contributed by atoms with Crippen LogP contribution in [0.3, 0.4) is 0 Å². The average molecular weight is 273 g/mol. The van der Waals surface area contributed by atoms with Crippen LogP contribution in [0.2, 0.25) is 0 Å². The maximum atomic E-state index is 11.6. The summed E-state index contributed by atoms with van der Waals surface area (Å²) in [6, 6.07) is -1.89. The Kier molecular flexibility index (Phi) is 6.07. The minimum atomic E-state index is -1.23. The van der Waals surface area contributed by atoms with Gasteiger partial charge in [-0.05, 0) is 12.8 Å². The Bertz CT molecular complexity index is 341. The molecule has 8 heteroatoms. The second kappa shape index (κ2) is 7.57. The molecule has 1 aliphatic heterocycles. The van der Waals surface area contributed by atoms with Crippen LogP contribution in [-0.4, -0.2) is 65.3 Å². The number of urea groups is 1. The van der Waals surface area contributed by atoms with Crippen LogP contribution in [-0.2, 0) is 9.59 Å². The van der Waals surface area contributed by atoms with E-state index in [-0.39, 0.29) is 25.5 Å². The molecular formula is C11H19N3O5. The Morgan fingerprint density at radius 3 is 2.37 bits per heavy atom. The normalized spacial score (nSPS) is 15.9. The molecule has 3 amide bonds. The summed E-state index contributed by atoms with van der Waals surface area (Å²) in [5.41, 5.74) is 0. The van der Waals surface area contributed by atoms with Crippen LogP contribution in [0.1, 0.15) is 19.3 Å². The number of nitrogens with zero attached hydrogens (tertiary/aromatic N) is 1. The predicted octanol–water partition coefficient (Wildman–Crippen LogP) is -1.26. The van der Waals surface area contributed by atoms with E-state index in [2.05, 4.69) is 10.6 Å². The molecule has 0 aromatic rings. The number of carboxylic acids is 1. The van der Waals surface area contributed by atoms with Crippen molar-refractivity contribution in [2.75, 3.05) is 26.2 Å². The second-order valence-corrected chi connectivity index (χ2v) is 4.32. The molecule has 1 heterocycles. The highest BCUT2D eigenvalue weighted by molar-refractivity contribution is 5.86. The van der Waals surface area contributed by atoms with Gasteiger partial charge in [0, 0.05) is 26.1 Å². The van der Waals surface area contributed by atoms with E-state index in [1.54, 1.807) is 4.90 Å². The first-order valence-corrected chi connectivity index (χ1v) is 6.20. The third kappa shape index (κ3) is 5.12. The van der Waals surface area contributed by atoms with Gasteiger partial charge in [0.15, 0.2) is 0 Å². The van der Waals surface area contributed by atoms with Crippen molar-refractivity contribution in [3.63, 3.8) is 0 Å². The maximum Gasteiger partial charge on any atom is 0.326 e. The van der Waals surface area contributed by atoms with Gasteiger partial charge in [-0.3, -0.25) is 4.79 Å². The molecule has 1 atom stereocenters. The van der Waals surface area contributed by atoms with Gasteiger partial charge in [0.25, 0.3) is 0 Å². The molecule has 0 bridgehead atoms. The van der Waals surface area contributed by atoms with Gasteiger partial charge in [0.2, 0.25) is 5.91 Å². The van der Waals surface area contributed by atoms with Crippen molar-refractivity contribution in [3.05, 3.63) is 0 Å². The number of carbonyl (C=O) groups excluding carboxylic acids is 2. The number of carboxylic acid groups (broad SMARTS) is 1. The molecular weight excluding hydrogens is 254 g/mol. The highest BCUT2D eigenvalue weighted by atomic mass is 16.4. The molecule has 108 valence electrons. The van der Waals surface area contributed by atoms with Crippen molar-refractivity contribution in [1.29, 1.82) is 0 Å². The lowest BCUT2D eigenvalue weighted by Gasteiger charge is -2.17. The first kappa shape index (κ1) is 15.2. The molecule has 0 radical (unpaired) electrons. The molecule has 1 saturated heterocycles. The smallest absolute Gasteiger partial charge is 0.326 e. The fourth-order valence-electron chi connectivity index (χ4n) is 1.83. The third-order valence-corrected chi connectivity index (χ3v) is 2.88. The topological polar surface area (TPSA) is 119 Å². The molecule has 0 aliphatic carbocycles. The number of likely N-dealkylation sites (tertiary alicyclic amines) is 1. The Balaban J connectivity index is 2.29. The molecule has 1 rings (SSSR count). The Labute approximate surface area is 110 Å². The number of rotatable bonds is 6. The van der Waals surface area contributed by atoms with Crippen molar-refractivity contribution in [2.24, 2.45) is 0 Å². The SMILES string of the molecule is O=C(NCC(=O)N1CCCC1)N[C@H](CCO)C(=O)O. The van der Waals surface area contributed by atoms with Crippen molar-refractivity contribution >= 4 is 17.9 Å². The average Bonchev–Trinajstić information content (AvgIpc) is 2.89. The standard InChI is InChI=1S/C11H19N3O5/c15-6-3-8(10(17)18)13-11(19)12-7-9(16)14-4-1-2-5-14/h8,15H,1-7H2,(H,17,18)(H2,12,13,19)/t8-/m1/s1.